The number of nitrogens with one attached hydrogen (secondary N) is 2. The van der Waals surface area contributed by atoms with E-state index >= 15 is 0 Å². The lowest BCUT2D eigenvalue weighted by Gasteiger charge is -2.19. The van der Waals surface area contributed by atoms with Crippen LogP contribution in [0.4, 0.5) is 0 Å². The SMILES string of the molecule is CCCCCc1ccc(S(=O)(=O)NCCc2c(-c3ccc(C(=O)N(C)CCN(C)C)cc3)[nH]c3ccccc23)cc1. The van der Waals surface area contributed by atoms with Gasteiger partial charge in [0.2, 0.25) is 10.0 Å². The average Bonchev–Trinajstić information content (AvgIpc) is 3.34. The van der Waals surface area contributed by atoms with Crippen molar-refractivity contribution in [2.75, 3.05) is 40.8 Å². The number of nitrogens with zero attached hydrogens (tertiary/aromatic N) is 2. The zero-order chi connectivity index (χ0) is 29.4. The molecule has 1 heterocycles. The molecule has 0 bridgehead atoms. The van der Waals surface area contributed by atoms with Gasteiger partial charge in [0.15, 0.2) is 0 Å². The molecule has 0 fully saturated rings. The van der Waals surface area contributed by atoms with E-state index in [1.165, 1.54) is 6.42 Å². The standard InChI is InChI=1S/C33H42N4O3S/c1-5-6-7-10-25-13-19-28(20-14-25)41(39,40)34-22-21-30-29-11-8-9-12-31(29)35-32(30)26-15-17-27(18-16-26)33(38)37(4)24-23-36(2)3/h8-9,11-20,34-35H,5-7,10,21-24H2,1-4H3. The van der Waals surface area contributed by atoms with Crippen LogP contribution in [0, 0.1) is 0 Å². The smallest absolute Gasteiger partial charge is 0.253 e. The first-order valence-electron chi connectivity index (χ1n) is 14.4. The molecule has 0 aliphatic rings. The molecular weight excluding hydrogens is 532 g/mol. The highest BCUT2D eigenvalue weighted by Gasteiger charge is 2.18. The van der Waals surface area contributed by atoms with Crippen LogP contribution in [0.15, 0.2) is 77.7 Å². The van der Waals surface area contributed by atoms with Gasteiger partial charge in [-0.3, -0.25) is 4.79 Å². The first-order valence-corrected chi connectivity index (χ1v) is 15.9. The van der Waals surface area contributed by atoms with Crippen molar-refractivity contribution in [1.82, 2.24) is 19.5 Å². The summed E-state index contributed by atoms with van der Waals surface area (Å²) >= 11 is 0. The van der Waals surface area contributed by atoms with E-state index in [1.54, 1.807) is 17.0 Å². The third-order valence-corrected chi connectivity index (χ3v) is 8.91. The molecule has 4 rings (SSSR count). The Morgan fingerprint density at radius 1 is 0.854 bits per heavy atom. The fourth-order valence-electron chi connectivity index (χ4n) is 4.97. The number of para-hydroxylation sites is 1. The summed E-state index contributed by atoms with van der Waals surface area (Å²) < 4.78 is 28.9. The Bertz CT molecular complexity index is 1540. The van der Waals surface area contributed by atoms with Gasteiger partial charge < -0.3 is 14.8 Å². The minimum atomic E-state index is -3.63. The van der Waals surface area contributed by atoms with Gasteiger partial charge in [-0.05, 0) is 80.4 Å². The molecule has 0 radical (unpaired) electrons. The van der Waals surface area contributed by atoms with Crippen molar-refractivity contribution in [2.45, 2.75) is 43.9 Å². The molecule has 0 saturated heterocycles. The van der Waals surface area contributed by atoms with Crippen LogP contribution in [-0.2, 0) is 22.9 Å². The van der Waals surface area contributed by atoms with Gasteiger partial charge in [-0.2, -0.15) is 0 Å². The summed E-state index contributed by atoms with van der Waals surface area (Å²) in [7, 11) is 2.17. The number of amides is 1. The largest absolute Gasteiger partial charge is 0.354 e. The predicted octanol–water partition coefficient (Wildman–Crippen LogP) is 5.72. The predicted molar refractivity (Wildman–Crippen MR) is 168 cm³/mol. The fraction of sp³-hybridized carbons (Fsp3) is 0.364. The number of fused-ring (bicyclic) bond motifs is 1. The normalized spacial score (nSPS) is 11.8. The Morgan fingerprint density at radius 2 is 1.56 bits per heavy atom. The topological polar surface area (TPSA) is 85.5 Å². The number of aromatic nitrogens is 1. The molecule has 8 heteroatoms. The van der Waals surface area contributed by atoms with Gasteiger partial charge in [-0.25, -0.2) is 13.1 Å². The summed E-state index contributed by atoms with van der Waals surface area (Å²) in [6.45, 7) is 3.89. The van der Waals surface area contributed by atoms with Crippen LogP contribution in [0.1, 0.15) is 47.7 Å². The molecule has 41 heavy (non-hydrogen) atoms. The van der Waals surface area contributed by atoms with Crippen molar-refractivity contribution >= 4 is 26.8 Å². The lowest BCUT2D eigenvalue weighted by Crippen LogP contribution is -2.33. The first-order chi connectivity index (χ1) is 19.7. The Labute approximate surface area is 244 Å². The number of unbranched alkanes of at least 4 members (excludes halogenated alkanes) is 2. The lowest BCUT2D eigenvalue weighted by atomic mass is 10.0. The van der Waals surface area contributed by atoms with E-state index in [4.69, 9.17) is 0 Å². The van der Waals surface area contributed by atoms with E-state index in [9.17, 15) is 13.2 Å². The molecule has 2 N–H and O–H groups in total. The van der Waals surface area contributed by atoms with Crippen molar-refractivity contribution in [2.24, 2.45) is 0 Å². The number of carbonyl (C=O) groups excluding carboxylic acids is 1. The van der Waals surface area contributed by atoms with Gasteiger partial charge in [0.1, 0.15) is 0 Å². The number of likely N-dealkylation sites (N-methyl/N-ethyl adjacent to an activating group) is 2. The Balaban J connectivity index is 1.48. The van der Waals surface area contributed by atoms with Crippen LogP contribution in [0.2, 0.25) is 0 Å². The summed E-state index contributed by atoms with van der Waals surface area (Å²) in [6, 6.07) is 22.9. The number of H-pyrrole nitrogens is 1. The van der Waals surface area contributed by atoms with Crippen molar-refractivity contribution in [3.63, 3.8) is 0 Å². The molecule has 3 aromatic carbocycles. The molecule has 0 aliphatic heterocycles. The van der Waals surface area contributed by atoms with Crippen molar-refractivity contribution in [1.29, 1.82) is 0 Å². The second-order valence-corrected chi connectivity index (χ2v) is 12.6. The van der Waals surface area contributed by atoms with Gasteiger partial charge in [-0.1, -0.05) is 62.2 Å². The maximum Gasteiger partial charge on any atom is 0.253 e. The van der Waals surface area contributed by atoms with Gasteiger partial charge in [-0.15, -0.1) is 0 Å². The van der Waals surface area contributed by atoms with Crippen molar-refractivity contribution in [3.8, 4) is 11.3 Å². The fourth-order valence-corrected chi connectivity index (χ4v) is 6.00. The Kier molecular flexibility index (Phi) is 10.4. The lowest BCUT2D eigenvalue weighted by molar-refractivity contribution is 0.0786. The van der Waals surface area contributed by atoms with Gasteiger partial charge >= 0.3 is 0 Å². The monoisotopic (exact) mass is 574 g/mol. The van der Waals surface area contributed by atoms with E-state index in [0.29, 0.717) is 18.5 Å². The minimum absolute atomic E-state index is 0.0151. The molecule has 0 atom stereocenters. The second kappa shape index (κ2) is 13.9. The van der Waals surface area contributed by atoms with Crippen LogP contribution < -0.4 is 4.72 Å². The van der Waals surface area contributed by atoms with Crippen LogP contribution in [0.3, 0.4) is 0 Å². The summed E-state index contributed by atoms with van der Waals surface area (Å²) in [4.78, 5) is 20.5. The number of sulfonamides is 1. The number of benzene rings is 3. The molecule has 4 aromatic rings. The van der Waals surface area contributed by atoms with E-state index < -0.39 is 10.0 Å². The summed E-state index contributed by atoms with van der Waals surface area (Å²) in [5, 5.41) is 1.06. The highest BCUT2D eigenvalue weighted by atomic mass is 32.2. The molecule has 218 valence electrons. The number of aromatic amines is 1. The van der Waals surface area contributed by atoms with Crippen LogP contribution >= 0.6 is 0 Å². The summed E-state index contributed by atoms with van der Waals surface area (Å²) in [5.41, 5.74) is 5.71. The molecule has 0 aliphatic carbocycles. The molecule has 0 saturated carbocycles. The van der Waals surface area contributed by atoms with Gasteiger partial charge in [0, 0.05) is 48.8 Å². The Hall–Kier alpha value is -3.46. The van der Waals surface area contributed by atoms with E-state index in [2.05, 4.69) is 21.5 Å². The second-order valence-electron chi connectivity index (χ2n) is 10.9. The zero-order valence-corrected chi connectivity index (χ0v) is 25.4. The maximum absolute atomic E-state index is 13.0. The quantitative estimate of drug-likeness (QED) is 0.189. The number of hydrogen-bond acceptors (Lipinski definition) is 4. The number of aryl methyl sites for hydroxylation is 1. The number of carbonyl (C=O) groups is 1. The van der Waals surface area contributed by atoms with Crippen molar-refractivity contribution < 1.29 is 13.2 Å². The average molecular weight is 575 g/mol. The van der Waals surface area contributed by atoms with E-state index in [0.717, 1.165) is 59.1 Å². The number of hydrogen-bond donors (Lipinski definition) is 2. The maximum atomic E-state index is 13.0. The van der Waals surface area contributed by atoms with Gasteiger partial charge in [0.05, 0.1) is 4.90 Å². The molecule has 0 unspecified atom stereocenters. The zero-order valence-electron chi connectivity index (χ0n) is 24.6. The molecule has 0 spiro atoms. The Morgan fingerprint density at radius 3 is 2.24 bits per heavy atom. The molecule has 1 amide bonds. The van der Waals surface area contributed by atoms with Crippen LogP contribution in [0.25, 0.3) is 22.2 Å². The first kappa shape index (κ1) is 30.5. The summed E-state index contributed by atoms with van der Waals surface area (Å²) in [5.74, 6) is -0.0151. The third-order valence-electron chi connectivity index (χ3n) is 7.43. The molecule has 7 nitrogen and oxygen atoms in total. The van der Waals surface area contributed by atoms with Crippen LogP contribution in [-0.4, -0.2) is 69.9 Å². The number of rotatable bonds is 14. The highest BCUT2D eigenvalue weighted by Crippen LogP contribution is 2.31. The van der Waals surface area contributed by atoms with Crippen LogP contribution in [0.5, 0.6) is 0 Å². The summed E-state index contributed by atoms with van der Waals surface area (Å²) in [6.07, 6.45) is 4.93. The molecular formula is C33H42N4O3S. The van der Waals surface area contributed by atoms with Crippen molar-refractivity contribution in [3.05, 3.63) is 89.5 Å². The van der Waals surface area contributed by atoms with Gasteiger partial charge in [0.25, 0.3) is 5.91 Å². The molecule has 1 aromatic heterocycles. The van der Waals surface area contributed by atoms with E-state index in [-0.39, 0.29) is 17.3 Å². The highest BCUT2D eigenvalue weighted by molar-refractivity contribution is 7.89. The van der Waals surface area contributed by atoms with E-state index in [1.807, 2.05) is 81.8 Å². The third kappa shape index (κ3) is 7.85. The minimum Gasteiger partial charge on any atom is -0.354 e.